The van der Waals surface area contributed by atoms with Crippen molar-refractivity contribution in [3.8, 4) is 0 Å². The summed E-state index contributed by atoms with van der Waals surface area (Å²) >= 11 is 0. The van der Waals surface area contributed by atoms with E-state index >= 15 is 0 Å². The van der Waals surface area contributed by atoms with Crippen molar-refractivity contribution in [1.29, 1.82) is 0 Å². The van der Waals surface area contributed by atoms with Gasteiger partial charge in [-0.25, -0.2) is 0 Å². The molecule has 4 bridgehead atoms. The van der Waals surface area contributed by atoms with Crippen molar-refractivity contribution >= 4 is 15.7 Å². The SMILES string of the molecule is [B]C1C2CC3CC1C([B])[C@@H](C3)C2. The quantitative estimate of drug-likeness (QED) is 0.470. The van der Waals surface area contributed by atoms with Crippen LogP contribution in [-0.4, -0.2) is 15.7 Å². The average molecular weight is 156 g/mol. The normalized spacial score (nSPS) is 62.3. The molecule has 6 atom stereocenters. The van der Waals surface area contributed by atoms with Gasteiger partial charge in [-0.3, -0.25) is 0 Å². The lowest BCUT2D eigenvalue weighted by Gasteiger charge is -2.57. The Morgan fingerprint density at radius 3 is 1.92 bits per heavy atom. The summed E-state index contributed by atoms with van der Waals surface area (Å²) in [4.78, 5) is 0. The fourth-order valence-corrected chi connectivity index (χ4v) is 4.01. The van der Waals surface area contributed by atoms with Crippen LogP contribution in [0.2, 0.25) is 11.6 Å². The van der Waals surface area contributed by atoms with Gasteiger partial charge in [0.15, 0.2) is 0 Å². The first-order valence-corrected chi connectivity index (χ1v) is 5.27. The summed E-state index contributed by atoms with van der Waals surface area (Å²) in [6.45, 7) is 0. The molecule has 0 amide bonds. The first-order chi connectivity index (χ1) is 5.75. The second-order valence-electron chi connectivity index (χ2n) is 5.15. The van der Waals surface area contributed by atoms with Gasteiger partial charge in [-0.2, -0.15) is 0 Å². The number of hydrogen-bond donors (Lipinski definition) is 0. The van der Waals surface area contributed by atoms with E-state index in [1.165, 1.54) is 25.7 Å². The molecule has 4 radical (unpaired) electrons. The van der Waals surface area contributed by atoms with E-state index in [1.807, 2.05) is 0 Å². The zero-order valence-electron chi connectivity index (χ0n) is 7.45. The molecule has 4 aliphatic rings. The summed E-state index contributed by atoms with van der Waals surface area (Å²) in [5.41, 5.74) is 0. The summed E-state index contributed by atoms with van der Waals surface area (Å²) < 4.78 is 0. The maximum atomic E-state index is 6.18. The van der Waals surface area contributed by atoms with E-state index in [9.17, 15) is 0 Å². The van der Waals surface area contributed by atoms with Gasteiger partial charge in [0.05, 0.1) is 15.7 Å². The standard InChI is InChI=1S/C10H14B2/c11-9-6-1-5-2-7(4-6)10(12)8(9)3-5/h5-10H,1-4H2/t5?,6-,7?,8?,9?,10?/m0/s1. The molecular weight excluding hydrogens is 142 g/mol. The highest BCUT2D eigenvalue weighted by Crippen LogP contribution is 2.61. The zero-order valence-corrected chi connectivity index (χ0v) is 7.45. The first kappa shape index (κ1) is 7.53. The van der Waals surface area contributed by atoms with E-state index in [0.29, 0.717) is 17.6 Å². The van der Waals surface area contributed by atoms with Crippen LogP contribution in [0.25, 0.3) is 0 Å². The Labute approximate surface area is 77.3 Å². The molecule has 4 aliphatic carbocycles. The minimum atomic E-state index is 0.438. The van der Waals surface area contributed by atoms with Crippen LogP contribution in [0.4, 0.5) is 0 Å². The first-order valence-electron chi connectivity index (χ1n) is 5.27. The van der Waals surface area contributed by atoms with E-state index in [1.54, 1.807) is 0 Å². The minimum Gasteiger partial charge on any atom is -0.0722 e. The molecule has 0 aromatic rings. The molecule has 4 saturated carbocycles. The van der Waals surface area contributed by atoms with Gasteiger partial charge >= 0.3 is 0 Å². The molecule has 60 valence electrons. The Morgan fingerprint density at radius 1 is 0.750 bits per heavy atom. The lowest BCUT2D eigenvalue weighted by Crippen LogP contribution is -2.46. The van der Waals surface area contributed by atoms with Crippen molar-refractivity contribution in [2.45, 2.75) is 37.3 Å². The third kappa shape index (κ3) is 0.818. The molecule has 2 heteroatoms. The maximum absolute atomic E-state index is 6.18. The van der Waals surface area contributed by atoms with Crippen molar-refractivity contribution in [2.75, 3.05) is 0 Å². The van der Waals surface area contributed by atoms with Gasteiger partial charge in [0.25, 0.3) is 0 Å². The van der Waals surface area contributed by atoms with E-state index in [4.69, 9.17) is 15.7 Å². The van der Waals surface area contributed by atoms with Crippen molar-refractivity contribution in [1.82, 2.24) is 0 Å². The Morgan fingerprint density at radius 2 is 1.33 bits per heavy atom. The molecule has 0 nitrogen and oxygen atoms in total. The van der Waals surface area contributed by atoms with Gasteiger partial charge in [0.1, 0.15) is 0 Å². The van der Waals surface area contributed by atoms with Crippen LogP contribution in [-0.2, 0) is 0 Å². The van der Waals surface area contributed by atoms with E-state index < -0.39 is 0 Å². The van der Waals surface area contributed by atoms with Crippen molar-refractivity contribution in [2.24, 2.45) is 23.7 Å². The molecule has 0 spiro atoms. The van der Waals surface area contributed by atoms with Gasteiger partial charge in [-0.05, 0) is 43.4 Å². The summed E-state index contributed by atoms with van der Waals surface area (Å²) in [5.74, 6) is 4.18. The van der Waals surface area contributed by atoms with Crippen LogP contribution in [0.15, 0.2) is 0 Å². The van der Waals surface area contributed by atoms with Crippen molar-refractivity contribution in [3.63, 3.8) is 0 Å². The molecule has 0 heterocycles. The molecular formula is C10H14B2. The lowest BCUT2D eigenvalue weighted by atomic mass is 9.40. The van der Waals surface area contributed by atoms with Crippen LogP contribution in [0.1, 0.15) is 25.7 Å². The van der Waals surface area contributed by atoms with Crippen molar-refractivity contribution in [3.05, 3.63) is 0 Å². The molecule has 12 heavy (non-hydrogen) atoms. The molecule has 0 N–H and O–H groups in total. The summed E-state index contributed by atoms with van der Waals surface area (Å²) in [5, 5.41) is 0. The predicted molar refractivity (Wildman–Crippen MR) is 51.4 cm³/mol. The van der Waals surface area contributed by atoms with Gasteiger partial charge in [0.2, 0.25) is 0 Å². The van der Waals surface area contributed by atoms with Crippen LogP contribution >= 0.6 is 0 Å². The Bertz CT molecular complexity index is 186. The number of rotatable bonds is 0. The second-order valence-corrected chi connectivity index (χ2v) is 5.15. The van der Waals surface area contributed by atoms with Crippen LogP contribution < -0.4 is 0 Å². The van der Waals surface area contributed by atoms with Crippen LogP contribution in [0.3, 0.4) is 0 Å². The molecule has 0 aromatic carbocycles. The highest BCUT2D eigenvalue weighted by molar-refractivity contribution is 6.16. The fourth-order valence-electron chi connectivity index (χ4n) is 4.01. The van der Waals surface area contributed by atoms with Gasteiger partial charge in [0, 0.05) is 0 Å². The summed E-state index contributed by atoms with van der Waals surface area (Å²) in [6, 6.07) is 0. The molecule has 5 unspecified atom stereocenters. The topological polar surface area (TPSA) is 0 Å². The molecule has 4 rings (SSSR count). The van der Waals surface area contributed by atoms with E-state index in [2.05, 4.69) is 0 Å². The lowest BCUT2D eigenvalue weighted by molar-refractivity contribution is 0.0223. The van der Waals surface area contributed by atoms with Gasteiger partial charge in [-0.1, -0.05) is 17.6 Å². The minimum absolute atomic E-state index is 0.438. The van der Waals surface area contributed by atoms with E-state index in [-0.39, 0.29) is 0 Å². The number of hydrogen-bond acceptors (Lipinski definition) is 0. The monoisotopic (exact) mass is 156 g/mol. The van der Waals surface area contributed by atoms with Crippen LogP contribution in [0, 0.1) is 23.7 Å². The highest BCUT2D eigenvalue weighted by atomic mass is 14.5. The summed E-state index contributed by atoms with van der Waals surface area (Å²) in [7, 11) is 12.4. The van der Waals surface area contributed by atoms with Crippen LogP contribution in [0.5, 0.6) is 0 Å². The zero-order chi connectivity index (χ0) is 8.29. The molecule has 4 fully saturated rings. The third-order valence-electron chi connectivity index (χ3n) is 4.56. The highest BCUT2D eigenvalue weighted by Gasteiger charge is 2.49. The smallest absolute Gasteiger partial charge is 0.0706 e. The average Bonchev–Trinajstić information content (AvgIpc) is 2.07. The Kier molecular flexibility index (Phi) is 1.46. The second kappa shape index (κ2) is 2.33. The predicted octanol–water partition coefficient (Wildman–Crippen LogP) is 1.97. The van der Waals surface area contributed by atoms with Gasteiger partial charge < -0.3 is 0 Å². The van der Waals surface area contributed by atoms with Gasteiger partial charge in [-0.15, -0.1) is 0 Å². The third-order valence-corrected chi connectivity index (χ3v) is 4.56. The molecule has 0 aromatic heterocycles. The Balaban J connectivity index is 1.93. The molecule has 0 aliphatic heterocycles. The van der Waals surface area contributed by atoms with E-state index in [0.717, 1.165) is 17.8 Å². The largest absolute Gasteiger partial charge is 0.0722 e. The maximum Gasteiger partial charge on any atom is 0.0706 e. The fraction of sp³-hybridized carbons (Fsp3) is 1.00. The Hall–Kier alpha value is 0.130. The summed E-state index contributed by atoms with van der Waals surface area (Å²) in [6.07, 6.45) is 5.46. The van der Waals surface area contributed by atoms with Crippen molar-refractivity contribution < 1.29 is 0 Å². The molecule has 0 saturated heterocycles.